The first-order valence-corrected chi connectivity index (χ1v) is 6.88. The molecule has 0 bridgehead atoms. The zero-order chi connectivity index (χ0) is 12.3. The van der Waals surface area contributed by atoms with Crippen molar-refractivity contribution in [3.05, 3.63) is 16.1 Å². The monoisotopic (exact) mass is 325 g/mol. The summed E-state index contributed by atoms with van der Waals surface area (Å²) in [5.74, 6) is 0.204. The van der Waals surface area contributed by atoms with Gasteiger partial charge in [0.05, 0.1) is 17.6 Å². The lowest BCUT2D eigenvalue weighted by molar-refractivity contribution is -0.133. The van der Waals surface area contributed by atoms with E-state index in [-0.39, 0.29) is 36.8 Å². The summed E-state index contributed by atoms with van der Waals surface area (Å²) in [6.07, 6.45) is 5.15. The Morgan fingerprint density at radius 2 is 2.26 bits per heavy atom. The largest absolute Gasteiger partial charge is 0.339 e. The van der Waals surface area contributed by atoms with Gasteiger partial charge in [-0.3, -0.25) is 4.79 Å². The first-order chi connectivity index (χ1) is 8.16. The van der Waals surface area contributed by atoms with Crippen LogP contribution in [0.4, 0.5) is 0 Å². The second-order valence-corrected chi connectivity index (χ2v) is 5.86. The third kappa shape index (κ3) is 5.26. The number of thiazole rings is 1. The first kappa shape index (κ1) is 18.6. The number of halogens is 2. The van der Waals surface area contributed by atoms with E-state index in [0.717, 1.165) is 29.3 Å². The van der Waals surface area contributed by atoms with Crippen molar-refractivity contribution >= 4 is 42.1 Å². The number of likely N-dealkylation sites (N-methyl/N-ethyl adjacent to an activating group) is 1. The highest BCUT2D eigenvalue weighted by Gasteiger charge is 2.23. The van der Waals surface area contributed by atoms with Crippen LogP contribution in [0.2, 0.25) is 0 Å². The van der Waals surface area contributed by atoms with Crippen LogP contribution < -0.4 is 5.32 Å². The van der Waals surface area contributed by atoms with Crippen LogP contribution in [0.1, 0.15) is 29.1 Å². The number of carbonyl (C=O) groups is 1. The van der Waals surface area contributed by atoms with Gasteiger partial charge in [-0.25, -0.2) is 4.98 Å². The summed E-state index contributed by atoms with van der Waals surface area (Å²) in [7, 11) is 1.87. The van der Waals surface area contributed by atoms with Gasteiger partial charge in [-0.15, -0.1) is 36.2 Å². The Morgan fingerprint density at radius 3 is 2.79 bits per heavy atom. The summed E-state index contributed by atoms with van der Waals surface area (Å²) in [6.45, 7) is 3.62. The minimum Gasteiger partial charge on any atom is -0.339 e. The third-order valence-electron chi connectivity index (χ3n) is 3.05. The zero-order valence-electron chi connectivity index (χ0n) is 11.2. The number of rotatable bonds is 3. The summed E-state index contributed by atoms with van der Waals surface area (Å²) >= 11 is 1.65. The van der Waals surface area contributed by atoms with Gasteiger partial charge in [0.1, 0.15) is 0 Å². The molecule has 2 rings (SSSR count). The van der Waals surface area contributed by atoms with E-state index in [0.29, 0.717) is 6.54 Å². The van der Waals surface area contributed by atoms with Gasteiger partial charge >= 0.3 is 0 Å². The minimum atomic E-state index is 0. The molecule has 4 nitrogen and oxygen atoms in total. The fourth-order valence-electron chi connectivity index (χ4n) is 2.12. The average Bonchev–Trinajstić information content (AvgIpc) is 2.75. The predicted molar refractivity (Wildman–Crippen MR) is 83.5 cm³/mol. The molecule has 1 aliphatic heterocycles. The van der Waals surface area contributed by atoms with Crippen LogP contribution in [0, 0.1) is 6.92 Å². The number of hydrogen-bond donors (Lipinski definition) is 1. The summed E-state index contributed by atoms with van der Waals surface area (Å²) in [6, 6.07) is 0.0165. The van der Waals surface area contributed by atoms with Crippen LogP contribution >= 0.6 is 36.2 Å². The Balaban J connectivity index is 0.00000162. The van der Waals surface area contributed by atoms with E-state index in [4.69, 9.17) is 0 Å². The molecule has 7 heteroatoms. The lowest BCUT2D eigenvalue weighted by Gasteiger charge is -2.27. The van der Waals surface area contributed by atoms with Gasteiger partial charge in [0.2, 0.25) is 5.91 Å². The number of piperidine rings is 1. The molecule has 0 aromatic carbocycles. The molecule has 1 unspecified atom stereocenters. The number of hydrogen-bond acceptors (Lipinski definition) is 4. The smallest absolute Gasteiger partial charge is 0.239 e. The highest BCUT2D eigenvalue weighted by molar-refractivity contribution is 7.11. The van der Waals surface area contributed by atoms with Crippen molar-refractivity contribution in [2.45, 2.75) is 38.8 Å². The number of carbonyl (C=O) groups excluding carboxylic acids is 1. The third-order valence-corrected chi connectivity index (χ3v) is 3.94. The maximum Gasteiger partial charge on any atom is 0.239 e. The second kappa shape index (κ2) is 8.74. The molecule has 1 atom stereocenters. The molecule has 0 radical (unpaired) electrons. The summed E-state index contributed by atoms with van der Waals surface area (Å²) in [5.41, 5.74) is 0. The Morgan fingerprint density at radius 1 is 1.53 bits per heavy atom. The van der Waals surface area contributed by atoms with Crippen molar-refractivity contribution in [2.75, 3.05) is 13.6 Å². The second-order valence-electron chi connectivity index (χ2n) is 4.54. The van der Waals surface area contributed by atoms with Crippen molar-refractivity contribution in [3.8, 4) is 0 Å². The van der Waals surface area contributed by atoms with Crippen LogP contribution in [0.5, 0.6) is 0 Å². The van der Waals surface area contributed by atoms with Crippen LogP contribution in [-0.4, -0.2) is 35.4 Å². The maximum atomic E-state index is 12.2. The fraction of sp³-hybridized carbons (Fsp3) is 0.667. The molecule has 1 N–H and O–H groups in total. The maximum absolute atomic E-state index is 12.2. The van der Waals surface area contributed by atoms with E-state index >= 15 is 0 Å². The fourth-order valence-corrected chi connectivity index (χ4v) is 2.97. The normalized spacial score (nSPS) is 18.1. The van der Waals surface area contributed by atoms with Crippen LogP contribution in [-0.2, 0) is 11.3 Å². The number of nitrogens with one attached hydrogen (secondary N) is 1. The molecule has 19 heavy (non-hydrogen) atoms. The lowest BCUT2D eigenvalue weighted by Crippen LogP contribution is -2.46. The zero-order valence-corrected chi connectivity index (χ0v) is 13.7. The van der Waals surface area contributed by atoms with Gasteiger partial charge in [-0.1, -0.05) is 6.42 Å². The van der Waals surface area contributed by atoms with Crippen LogP contribution in [0.3, 0.4) is 0 Å². The van der Waals surface area contributed by atoms with E-state index < -0.39 is 0 Å². The van der Waals surface area contributed by atoms with Crippen molar-refractivity contribution < 1.29 is 4.79 Å². The Labute approximate surface area is 130 Å². The van der Waals surface area contributed by atoms with Crippen molar-refractivity contribution in [1.29, 1.82) is 0 Å². The van der Waals surface area contributed by atoms with Crippen molar-refractivity contribution in [2.24, 2.45) is 0 Å². The predicted octanol–water partition coefficient (Wildman–Crippen LogP) is 2.40. The molecule has 1 aliphatic rings. The molecule has 1 aromatic heterocycles. The molecular weight excluding hydrogens is 305 g/mol. The summed E-state index contributed by atoms with van der Waals surface area (Å²) in [4.78, 5) is 19.3. The van der Waals surface area contributed by atoms with Gasteiger partial charge in [-0.05, 0) is 26.3 Å². The van der Waals surface area contributed by atoms with Gasteiger partial charge in [0.15, 0.2) is 0 Å². The Bertz CT molecular complexity index is 394. The van der Waals surface area contributed by atoms with E-state index in [9.17, 15) is 4.79 Å². The molecule has 2 heterocycles. The topological polar surface area (TPSA) is 45.2 Å². The number of aryl methyl sites for hydroxylation is 1. The quantitative estimate of drug-likeness (QED) is 0.928. The Hall–Kier alpha value is -0.360. The molecule has 0 spiro atoms. The van der Waals surface area contributed by atoms with Crippen molar-refractivity contribution in [1.82, 2.24) is 15.2 Å². The first-order valence-electron chi connectivity index (χ1n) is 6.06. The van der Waals surface area contributed by atoms with E-state index in [2.05, 4.69) is 10.3 Å². The summed E-state index contributed by atoms with van der Waals surface area (Å²) < 4.78 is 0. The molecule has 1 amide bonds. The minimum absolute atomic E-state index is 0. The lowest BCUT2D eigenvalue weighted by atomic mass is 10.0. The van der Waals surface area contributed by atoms with Crippen molar-refractivity contribution in [3.63, 3.8) is 0 Å². The van der Waals surface area contributed by atoms with Crippen LogP contribution in [0.25, 0.3) is 0 Å². The number of aromatic nitrogens is 1. The van der Waals surface area contributed by atoms with Gasteiger partial charge in [0.25, 0.3) is 0 Å². The van der Waals surface area contributed by atoms with Gasteiger partial charge in [-0.2, -0.15) is 0 Å². The van der Waals surface area contributed by atoms with Crippen LogP contribution in [0.15, 0.2) is 6.20 Å². The molecule has 0 aliphatic carbocycles. The van der Waals surface area contributed by atoms with Gasteiger partial charge in [0, 0.05) is 18.1 Å². The van der Waals surface area contributed by atoms with E-state index in [1.807, 2.05) is 20.2 Å². The van der Waals surface area contributed by atoms with E-state index in [1.54, 1.807) is 16.2 Å². The average molecular weight is 326 g/mol. The Kier molecular flexibility index (Phi) is 8.57. The van der Waals surface area contributed by atoms with Gasteiger partial charge < -0.3 is 10.2 Å². The molecular formula is C12H21Cl2N3OS. The summed E-state index contributed by atoms with van der Waals surface area (Å²) in [5, 5.41) is 4.34. The molecule has 1 fully saturated rings. The standard InChI is InChI=1S/C12H19N3OS.2ClH/c1-9-14-7-10(17-9)8-15(2)12(16)11-5-3-4-6-13-11;;/h7,11,13H,3-6,8H2,1-2H3;2*1H. The highest BCUT2D eigenvalue weighted by Crippen LogP contribution is 2.15. The SMILES string of the molecule is Cc1ncc(CN(C)C(=O)C2CCCCN2)s1.Cl.Cl. The molecule has 1 saturated heterocycles. The molecule has 1 aromatic rings. The highest BCUT2D eigenvalue weighted by atomic mass is 35.5. The number of nitrogens with zero attached hydrogens (tertiary/aromatic N) is 2. The molecule has 0 saturated carbocycles. The van der Waals surface area contributed by atoms with E-state index in [1.165, 1.54) is 6.42 Å². The number of amides is 1. The molecule has 110 valence electrons.